The van der Waals surface area contributed by atoms with Crippen molar-refractivity contribution in [1.82, 2.24) is 0 Å². The van der Waals surface area contributed by atoms with E-state index >= 15 is 0 Å². The van der Waals surface area contributed by atoms with Crippen LogP contribution in [0.15, 0.2) is 48.5 Å². The van der Waals surface area contributed by atoms with Gasteiger partial charge in [-0.05, 0) is 30.7 Å². The van der Waals surface area contributed by atoms with Crippen molar-refractivity contribution >= 4 is 40.8 Å². The third kappa shape index (κ3) is 5.06. The van der Waals surface area contributed by atoms with E-state index < -0.39 is 11.9 Å². The first-order valence-corrected chi connectivity index (χ1v) is 8.15. The Balaban J connectivity index is 2.20. The van der Waals surface area contributed by atoms with Crippen LogP contribution in [0.2, 0.25) is 0 Å². The Morgan fingerprint density at radius 1 is 0.880 bits per heavy atom. The number of alkyl halides is 1. The van der Waals surface area contributed by atoms with Crippen LogP contribution in [0.1, 0.15) is 33.6 Å². The summed E-state index contributed by atoms with van der Waals surface area (Å²) in [5.74, 6) is -1.52. The Bertz CT molecular complexity index is 792. The number of aromatic carboxylic acids is 1. The van der Waals surface area contributed by atoms with Gasteiger partial charge in [-0.25, -0.2) is 4.79 Å². The third-order valence-corrected chi connectivity index (χ3v) is 3.66. The summed E-state index contributed by atoms with van der Waals surface area (Å²) in [6, 6.07) is 12.6. The molecule has 0 aliphatic heterocycles. The number of para-hydroxylation sites is 2. The summed E-state index contributed by atoms with van der Waals surface area (Å²) in [4.78, 5) is 35.6. The van der Waals surface area contributed by atoms with Crippen LogP contribution in [0.5, 0.6) is 0 Å². The number of anilines is 2. The summed E-state index contributed by atoms with van der Waals surface area (Å²) in [6.07, 6.45) is 0.787. The Kier molecular flexibility index (Phi) is 6.54. The van der Waals surface area contributed by atoms with Crippen LogP contribution < -0.4 is 10.6 Å². The minimum Gasteiger partial charge on any atom is -0.478 e. The van der Waals surface area contributed by atoms with E-state index in [0.717, 1.165) is 0 Å². The van der Waals surface area contributed by atoms with Crippen molar-refractivity contribution in [3.8, 4) is 0 Å². The molecule has 0 radical (unpaired) electrons. The molecule has 0 aliphatic carbocycles. The number of carboxylic acid groups (broad SMARTS) is 1. The van der Waals surface area contributed by atoms with Gasteiger partial charge in [-0.2, -0.15) is 0 Å². The number of carbonyl (C=O) groups is 3. The quantitative estimate of drug-likeness (QED) is 0.657. The van der Waals surface area contributed by atoms with E-state index in [1.807, 2.05) is 0 Å². The molecule has 2 aromatic carbocycles. The second-order valence-electron chi connectivity index (χ2n) is 5.19. The topological polar surface area (TPSA) is 95.5 Å². The average molecular weight is 361 g/mol. The van der Waals surface area contributed by atoms with E-state index in [1.165, 1.54) is 12.1 Å². The maximum Gasteiger partial charge on any atom is 0.337 e. The zero-order valence-corrected chi connectivity index (χ0v) is 14.0. The average Bonchev–Trinajstić information content (AvgIpc) is 2.60. The number of halogens is 1. The van der Waals surface area contributed by atoms with Gasteiger partial charge in [0.25, 0.3) is 5.91 Å². The Morgan fingerprint density at radius 3 is 2.04 bits per heavy atom. The standard InChI is InChI=1S/C18H17ClN2O4/c19-11-5-10-16(22)20-14-8-3-1-6-12(14)17(23)21-15-9-4-2-7-13(15)18(24)25/h1-4,6-9H,5,10-11H2,(H,20,22)(H,21,23)(H,24,25). The molecule has 0 aliphatic rings. The Hall–Kier alpha value is -2.86. The highest BCUT2D eigenvalue weighted by Crippen LogP contribution is 2.20. The molecule has 0 heterocycles. The first-order chi connectivity index (χ1) is 12.0. The van der Waals surface area contributed by atoms with Crippen LogP contribution in [0.25, 0.3) is 0 Å². The van der Waals surface area contributed by atoms with Crippen LogP contribution in [0.4, 0.5) is 11.4 Å². The van der Waals surface area contributed by atoms with Crippen molar-refractivity contribution in [2.75, 3.05) is 16.5 Å². The molecule has 2 aromatic rings. The number of hydrogen-bond acceptors (Lipinski definition) is 3. The van der Waals surface area contributed by atoms with Gasteiger partial charge >= 0.3 is 5.97 Å². The summed E-state index contributed by atoms with van der Waals surface area (Å²) in [5.41, 5.74) is 0.761. The van der Waals surface area contributed by atoms with Gasteiger partial charge < -0.3 is 15.7 Å². The lowest BCUT2D eigenvalue weighted by atomic mass is 10.1. The monoisotopic (exact) mass is 360 g/mol. The SMILES string of the molecule is O=C(CCCCl)Nc1ccccc1C(=O)Nc1ccccc1C(=O)O. The molecule has 25 heavy (non-hydrogen) atoms. The third-order valence-electron chi connectivity index (χ3n) is 3.39. The van der Waals surface area contributed by atoms with Crippen LogP contribution in [0, 0.1) is 0 Å². The highest BCUT2D eigenvalue weighted by molar-refractivity contribution is 6.18. The van der Waals surface area contributed by atoms with E-state index in [1.54, 1.807) is 36.4 Å². The van der Waals surface area contributed by atoms with Crippen LogP contribution in [-0.4, -0.2) is 28.8 Å². The molecule has 7 heteroatoms. The predicted molar refractivity (Wildman–Crippen MR) is 96.4 cm³/mol. The summed E-state index contributed by atoms with van der Waals surface area (Å²) < 4.78 is 0. The molecule has 130 valence electrons. The fourth-order valence-electron chi connectivity index (χ4n) is 2.20. The Morgan fingerprint density at radius 2 is 1.44 bits per heavy atom. The molecule has 0 unspecified atom stereocenters. The molecule has 0 fully saturated rings. The van der Waals surface area contributed by atoms with Gasteiger partial charge in [0.1, 0.15) is 0 Å². The van der Waals surface area contributed by atoms with E-state index in [2.05, 4.69) is 10.6 Å². The number of carbonyl (C=O) groups excluding carboxylic acids is 2. The lowest BCUT2D eigenvalue weighted by Crippen LogP contribution is -2.19. The van der Waals surface area contributed by atoms with Crippen molar-refractivity contribution in [1.29, 1.82) is 0 Å². The van der Waals surface area contributed by atoms with E-state index in [0.29, 0.717) is 18.0 Å². The molecule has 0 atom stereocenters. The zero-order valence-electron chi connectivity index (χ0n) is 13.3. The Labute approximate surface area is 149 Å². The number of rotatable bonds is 7. The van der Waals surface area contributed by atoms with Gasteiger partial charge in [0, 0.05) is 12.3 Å². The van der Waals surface area contributed by atoms with Crippen LogP contribution in [0.3, 0.4) is 0 Å². The lowest BCUT2D eigenvalue weighted by molar-refractivity contribution is -0.116. The molecule has 2 amide bonds. The molecule has 0 aromatic heterocycles. The molecular formula is C18H17ClN2O4. The summed E-state index contributed by atoms with van der Waals surface area (Å²) in [7, 11) is 0. The fraction of sp³-hybridized carbons (Fsp3) is 0.167. The summed E-state index contributed by atoms with van der Waals surface area (Å²) in [6.45, 7) is 0. The van der Waals surface area contributed by atoms with Crippen LogP contribution >= 0.6 is 11.6 Å². The molecule has 0 bridgehead atoms. The van der Waals surface area contributed by atoms with Gasteiger partial charge in [0.2, 0.25) is 5.91 Å². The molecule has 0 saturated heterocycles. The fourth-order valence-corrected chi connectivity index (χ4v) is 2.33. The first kappa shape index (κ1) is 18.5. The number of amides is 2. The van der Waals surface area contributed by atoms with Gasteiger partial charge in [0.15, 0.2) is 0 Å². The molecular weight excluding hydrogens is 344 g/mol. The highest BCUT2D eigenvalue weighted by atomic mass is 35.5. The number of carboxylic acids is 1. The molecule has 2 rings (SSSR count). The van der Waals surface area contributed by atoms with Gasteiger partial charge in [0.05, 0.1) is 22.5 Å². The number of nitrogens with one attached hydrogen (secondary N) is 2. The largest absolute Gasteiger partial charge is 0.478 e. The molecule has 6 nitrogen and oxygen atoms in total. The van der Waals surface area contributed by atoms with Crippen molar-refractivity contribution in [3.63, 3.8) is 0 Å². The highest BCUT2D eigenvalue weighted by Gasteiger charge is 2.16. The van der Waals surface area contributed by atoms with E-state index in [4.69, 9.17) is 11.6 Å². The van der Waals surface area contributed by atoms with Crippen molar-refractivity contribution in [3.05, 3.63) is 59.7 Å². The second-order valence-corrected chi connectivity index (χ2v) is 5.57. The van der Waals surface area contributed by atoms with Crippen molar-refractivity contribution < 1.29 is 19.5 Å². The van der Waals surface area contributed by atoms with Crippen LogP contribution in [-0.2, 0) is 4.79 Å². The van der Waals surface area contributed by atoms with Crippen molar-refractivity contribution in [2.45, 2.75) is 12.8 Å². The molecule has 3 N–H and O–H groups in total. The maximum absolute atomic E-state index is 12.5. The van der Waals surface area contributed by atoms with E-state index in [-0.39, 0.29) is 29.1 Å². The zero-order chi connectivity index (χ0) is 18.2. The summed E-state index contributed by atoms with van der Waals surface area (Å²) in [5, 5.41) is 14.4. The van der Waals surface area contributed by atoms with Crippen molar-refractivity contribution in [2.24, 2.45) is 0 Å². The normalized spacial score (nSPS) is 10.1. The minimum absolute atomic E-state index is 0.0144. The maximum atomic E-state index is 12.5. The molecule has 0 saturated carbocycles. The van der Waals surface area contributed by atoms with E-state index in [9.17, 15) is 19.5 Å². The number of benzene rings is 2. The number of hydrogen-bond donors (Lipinski definition) is 3. The van der Waals surface area contributed by atoms with Gasteiger partial charge in [-0.3, -0.25) is 9.59 Å². The second kappa shape index (κ2) is 8.84. The van der Waals surface area contributed by atoms with Gasteiger partial charge in [-0.1, -0.05) is 24.3 Å². The molecule has 0 spiro atoms. The lowest BCUT2D eigenvalue weighted by Gasteiger charge is -2.12. The van der Waals surface area contributed by atoms with Gasteiger partial charge in [-0.15, -0.1) is 11.6 Å². The summed E-state index contributed by atoms with van der Waals surface area (Å²) >= 11 is 5.57. The smallest absolute Gasteiger partial charge is 0.337 e. The minimum atomic E-state index is -1.14. The predicted octanol–water partition coefficient (Wildman–Crippen LogP) is 3.59. The first-order valence-electron chi connectivity index (χ1n) is 7.61.